The van der Waals surface area contributed by atoms with E-state index in [-0.39, 0.29) is 22.2 Å². The molecular formula is C22H32F3N5OS. The monoisotopic (exact) mass is 471 g/mol. The van der Waals surface area contributed by atoms with E-state index in [0.717, 1.165) is 30.0 Å². The lowest BCUT2D eigenvalue weighted by Gasteiger charge is -2.23. The Hall–Kier alpha value is -2.20. The zero-order chi connectivity index (χ0) is 24.3. The maximum Gasteiger partial charge on any atom is 0.416 e. The van der Waals surface area contributed by atoms with Crippen LogP contribution >= 0.6 is 11.3 Å². The summed E-state index contributed by atoms with van der Waals surface area (Å²) >= 11 is 1.28. The van der Waals surface area contributed by atoms with Crippen LogP contribution in [0.15, 0.2) is 23.2 Å². The first kappa shape index (κ1) is 26.1. The molecule has 0 radical (unpaired) electrons. The van der Waals surface area contributed by atoms with E-state index in [1.807, 2.05) is 48.5 Å². The zero-order valence-electron chi connectivity index (χ0n) is 19.6. The number of hydrogen-bond acceptors (Lipinski definition) is 5. The molecule has 6 nitrogen and oxygen atoms in total. The van der Waals surface area contributed by atoms with Crippen molar-refractivity contribution in [1.29, 1.82) is 0 Å². The molecule has 1 aromatic heterocycles. The minimum Gasteiger partial charge on any atom is -0.320 e. The van der Waals surface area contributed by atoms with Crippen LogP contribution < -0.4 is 15.7 Å². The summed E-state index contributed by atoms with van der Waals surface area (Å²) in [6.07, 6.45) is -2.79. The third-order valence-electron chi connectivity index (χ3n) is 4.33. The Balaban J connectivity index is 2.57. The van der Waals surface area contributed by atoms with Crippen LogP contribution in [0.3, 0.4) is 0 Å². The maximum atomic E-state index is 13.3. The molecule has 0 saturated carbocycles. The van der Waals surface area contributed by atoms with E-state index in [1.54, 1.807) is 4.68 Å². The van der Waals surface area contributed by atoms with Crippen molar-refractivity contribution >= 4 is 22.9 Å². The summed E-state index contributed by atoms with van der Waals surface area (Å²) in [5.41, 5.74) is 4.38. The fourth-order valence-corrected chi connectivity index (χ4v) is 3.54. The Morgan fingerprint density at radius 1 is 1.16 bits per heavy atom. The largest absolute Gasteiger partial charge is 0.416 e. The van der Waals surface area contributed by atoms with Gasteiger partial charge in [0.2, 0.25) is 4.80 Å². The van der Waals surface area contributed by atoms with Gasteiger partial charge >= 0.3 is 6.18 Å². The smallest absolute Gasteiger partial charge is 0.320 e. The number of aromatic nitrogens is 2. The average molecular weight is 472 g/mol. The lowest BCUT2D eigenvalue weighted by molar-refractivity contribution is -0.137. The minimum absolute atomic E-state index is 0.163. The third kappa shape index (κ3) is 7.16. The van der Waals surface area contributed by atoms with Gasteiger partial charge in [-0.2, -0.15) is 23.3 Å². The second-order valence-corrected chi connectivity index (χ2v) is 10.6. The van der Waals surface area contributed by atoms with Crippen molar-refractivity contribution in [3.05, 3.63) is 39.1 Å². The molecule has 1 heterocycles. The molecule has 0 aliphatic heterocycles. The first-order valence-corrected chi connectivity index (χ1v) is 11.4. The fourth-order valence-electron chi connectivity index (χ4n) is 2.56. The Bertz CT molecular complexity index is 1010. The van der Waals surface area contributed by atoms with E-state index in [2.05, 4.69) is 20.9 Å². The number of rotatable bonds is 6. The number of alkyl halides is 3. The summed E-state index contributed by atoms with van der Waals surface area (Å²) in [5.74, 6) is -0.760. The summed E-state index contributed by atoms with van der Waals surface area (Å²) < 4.78 is 41.6. The van der Waals surface area contributed by atoms with E-state index in [0.29, 0.717) is 11.3 Å². The Morgan fingerprint density at radius 3 is 2.34 bits per heavy atom. The third-order valence-corrected chi connectivity index (χ3v) is 5.70. The number of anilines is 1. The molecule has 2 N–H and O–H groups in total. The fraction of sp³-hybridized carbons (Fsp3) is 0.591. The van der Waals surface area contributed by atoms with Crippen LogP contribution in [-0.2, 0) is 18.1 Å². The van der Waals surface area contributed by atoms with Gasteiger partial charge in [-0.05, 0) is 45.4 Å². The Kier molecular flexibility index (Phi) is 7.93. The molecule has 0 saturated heterocycles. The van der Waals surface area contributed by atoms with Gasteiger partial charge in [0, 0.05) is 17.5 Å². The highest BCUT2D eigenvalue weighted by Crippen LogP contribution is 2.32. The molecule has 1 amide bonds. The van der Waals surface area contributed by atoms with Crippen LogP contribution in [0, 0.1) is 0 Å². The van der Waals surface area contributed by atoms with E-state index in [4.69, 9.17) is 0 Å². The summed E-state index contributed by atoms with van der Waals surface area (Å²) in [6.45, 7) is 14.3. The second-order valence-electron chi connectivity index (χ2n) is 9.69. The first-order chi connectivity index (χ1) is 14.6. The molecule has 0 aliphatic rings. The molecule has 2 rings (SSSR count). The predicted molar refractivity (Wildman–Crippen MR) is 122 cm³/mol. The zero-order valence-corrected chi connectivity index (χ0v) is 20.5. The highest BCUT2D eigenvalue weighted by molar-refractivity contribution is 7.09. The standard InChI is InChI=1S/C22H32F3N5OS/c1-8-9-12-30-19(32-18(28-30)20(2,3)4)26-17(31)15-13-14(22(23,24)25)10-11-16(15)27-29-21(5,6)7/h10-11,13,27,29H,8-9,12H2,1-7H3. The molecule has 0 spiro atoms. The summed E-state index contributed by atoms with van der Waals surface area (Å²) in [4.78, 5) is 17.7. The van der Waals surface area contributed by atoms with Crippen LogP contribution in [0.1, 0.15) is 82.2 Å². The summed E-state index contributed by atoms with van der Waals surface area (Å²) in [6, 6.07) is 3.01. The molecule has 10 heteroatoms. The van der Waals surface area contributed by atoms with Gasteiger partial charge < -0.3 is 5.43 Å². The van der Waals surface area contributed by atoms with Gasteiger partial charge in [-0.25, -0.2) is 10.1 Å². The number of carbonyl (C=O) groups excluding carboxylic acids is 1. The highest BCUT2D eigenvalue weighted by Gasteiger charge is 2.32. The van der Waals surface area contributed by atoms with Gasteiger partial charge in [-0.3, -0.25) is 4.79 Å². The number of hydrazine groups is 1. The molecule has 1 aromatic carbocycles. The lowest BCUT2D eigenvalue weighted by atomic mass is 9.98. The van der Waals surface area contributed by atoms with Gasteiger partial charge in [0.25, 0.3) is 5.91 Å². The van der Waals surface area contributed by atoms with Crippen molar-refractivity contribution < 1.29 is 18.0 Å². The molecular weight excluding hydrogens is 439 g/mol. The number of amides is 1. The number of aryl methyl sites for hydroxylation is 1. The Morgan fingerprint density at radius 2 is 1.81 bits per heavy atom. The second kappa shape index (κ2) is 9.74. The number of unbranched alkanes of at least 4 members (excludes halogenated alkanes) is 1. The maximum absolute atomic E-state index is 13.3. The van der Waals surface area contributed by atoms with Crippen molar-refractivity contribution in [2.24, 2.45) is 4.99 Å². The van der Waals surface area contributed by atoms with Crippen LogP contribution in [0.5, 0.6) is 0 Å². The number of hydrogen-bond donors (Lipinski definition) is 2. The van der Waals surface area contributed by atoms with Gasteiger partial charge in [0.15, 0.2) is 0 Å². The van der Waals surface area contributed by atoms with Gasteiger partial charge in [-0.15, -0.1) is 0 Å². The number of halogens is 3. The number of benzene rings is 1. The molecule has 178 valence electrons. The minimum atomic E-state index is -4.57. The van der Waals surface area contributed by atoms with Crippen molar-refractivity contribution in [1.82, 2.24) is 15.2 Å². The van der Waals surface area contributed by atoms with Crippen LogP contribution in [0.25, 0.3) is 0 Å². The van der Waals surface area contributed by atoms with Crippen molar-refractivity contribution in [2.75, 3.05) is 5.43 Å². The highest BCUT2D eigenvalue weighted by atomic mass is 32.1. The van der Waals surface area contributed by atoms with Crippen molar-refractivity contribution in [3.63, 3.8) is 0 Å². The SMILES string of the molecule is CCCCn1nc(C(C)(C)C)sc1=NC(=O)c1cc(C(F)(F)F)ccc1NNC(C)(C)C. The molecule has 32 heavy (non-hydrogen) atoms. The molecule has 0 aliphatic carbocycles. The predicted octanol–water partition coefficient (Wildman–Crippen LogP) is 5.52. The number of nitrogens with zero attached hydrogens (tertiary/aromatic N) is 3. The van der Waals surface area contributed by atoms with Gasteiger partial charge in [-0.1, -0.05) is 45.5 Å². The normalized spacial score (nSPS) is 13.5. The average Bonchev–Trinajstić information content (AvgIpc) is 3.06. The topological polar surface area (TPSA) is 71.3 Å². The lowest BCUT2D eigenvalue weighted by Crippen LogP contribution is -2.40. The first-order valence-electron chi connectivity index (χ1n) is 10.5. The molecule has 0 unspecified atom stereocenters. The van der Waals surface area contributed by atoms with E-state index < -0.39 is 17.6 Å². The Labute approximate surface area is 190 Å². The van der Waals surface area contributed by atoms with E-state index >= 15 is 0 Å². The van der Waals surface area contributed by atoms with E-state index in [1.165, 1.54) is 17.4 Å². The summed E-state index contributed by atoms with van der Waals surface area (Å²) in [7, 11) is 0. The number of nitrogens with one attached hydrogen (secondary N) is 2. The summed E-state index contributed by atoms with van der Waals surface area (Å²) in [5, 5.41) is 5.40. The number of carbonyl (C=O) groups is 1. The molecule has 0 bridgehead atoms. The van der Waals surface area contributed by atoms with Gasteiger partial charge in [0.05, 0.1) is 16.8 Å². The van der Waals surface area contributed by atoms with Crippen LogP contribution in [0.4, 0.5) is 18.9 Å². The van der Waals surface area contributed by atoms with E-state index in [9.17, 15) is 18.0 Å². The van der Waals surface area contributed by atoms with Crippen LogP contribution in [-0.4, -0.2) is 21.2 Å². The van der Waals surface area contributed by atoms with Crippen molar-refractivity contribution in [2.45, 2.75) is 85.0 Å². The molecule has 0 atom stereocenters. The van der Waals surface area contributed by atoms with Crippen LogP contribution in [0.2, 0.25) is 0 Å². The van der Waals surface area contributed by atoms with Gasteiger partial charge in [0.1, 0.15) is 5.01 Å². The quantitative estimate of drug-likeness (QED) is 0.545. The molecule has 0 fully saturated rings. The van der Waals surface area contributed by atoms with Crippen molar-refractivity contribution in [3.8, 4) is 0 Å². The molecule has 2 aromatic rings.